The van der Waals surface area contributed by atoms with Gasteiger partial charge >= 0.3 is 0 Å². The summed E-state index contributed by atoms with van der Waals surface area (Å²) in [5.74, 6) is 1.62. The molecule has 1 atom stereocenters. The van der Waals surface area contributed by atoms with E-state index in [2.05, 4.69) is 12.1 Å². The lowest BCUT2D eigenvalue weighted by atomic mass is 9.78. The zero-order valence-electron chi connectivity index (χ0n) is 10.1. The van der Waals surface area contributed by atoms with Crippen LogP contribution in [-0.4, -0.2) is 6.10 Å². The summed E-state index contributed by atoms with van der Waals surface area (Å²) in [5.41, 5.74) is 7.45. The third-order valence-corrected chi connectivity index (χ3v) is 3.29. The van der Waals surface area contributed by atoms with Gasteiger partial charge in [0.05, 0.1) is 6.10 Å². The fourth-order valence-corrected chi connectivity index (χ4v) is 2.11. The Balaban J connectivity index is 2.00. The lowest BCUT2D eigenvalue weighted by molar-refractivity contribution is 0.241. The highest BCUT2D eigenvalue weighted by molar-refractivity contribution is 5.29. The highest BCUT2D eigenvalue weighted by atomic mass is 16.5. The van der Waals surface area contributed by atoms with Crippen LogP contribution in [-0.2, 0) is 0 Å². The average molecular weight is 219 g/mol. The van der Waals surface area contributed by atoms with Gasteiger partial charge in [0.1, 0.15) is 5.75 Å². The Kier molecular flexibility index (Phi) is 3.49. The van der Waals surface area contributed by atoms with E-state index in [4.69, 9.17) is 10.5 Å². The Hall–Kier alpha value is -1.02. The molecular weight excluding hydrogens is 198 g/mol. The van der Waals surface area contributed by atoms with E-state index in [1.165, 1.54) is 24.8 Å². The van der Waals surface area contributed by atoms with Gasteiger partial charge in [0.15, 0.2) is 0 Å². The van der Waals surface area contributed by atoms with Crippen LogP contribution in [0.1, 0.15) is 44.7 Å². The molecule has 1 aromatic rings. The molecule has 0 radical (unpaired) electrons. The Morgan fingerprint density at radius 2 is 1.81 bits per heavy atom. The van der Waals surface area contributed by atoms with Gasteiger partial charge in [0.25, 0.3) is 0 Å². The van der Waals surface area contributed by atoms with Crippen LogP contribution in [0.2, 0.25) is 0 Å². The second-order valence-corrected chi connectivity index (χ2v) is 4.95. The summed E-state index contributed by atoms with van der Waals surface area (Å²) in [6, 6.07) is 8.45. The summed E-state index contributed by atoms with van der Waals surface area (Å²) >= 11 is 0. The first kappa shape index (κ1) is 11.5. The summed E-state index contributed by atoms with van der Waals surface area (Å²) in [7, 11) is 0. The lowest BCUT2D eigenvalue weighted by Crippen LogP contribution is -2.26. The van der Waals surface area contributed by atoms with Gasteiger partial charge in [-0.1, -0.05) is 18.6 Å². The SMILES string of the molecule is CC(C)Oc1ccc([C@@H](N)C2CCC2)cc1. The molecule has 2 heteroatoms. The summed E-state index contributed by atoms with van der Waals surface area (Å²) < 4.78 is 5.61. The van der Waals surface area contributed by atoms with Gasteiger partial charge in [0.2, 0.25) is 0 Å². The van der Waals surface area contributed by atoms with Crippen molar-refractivity contribution in [2.75, 3.05) is 0 Å². The van der Waals surface area contributed by atoms with Crippen molar-refractivity contribution in [1.82, 2.24) is 0 Å². The summed E-state index contributed by atoms with van der Waals surface area (Å²) in [4.78, 5) is 0. The van der Waals surface area contributed by atoms with Gasteiger partial charge in [-0.25, -0.2) is 0 Å². The van der Waals surface area contributed by atoms with E-state index >= 15 is 0 Å². The van der Waals surface area contributed by atoms with Crippen LogP contribution in [0, 0.1) is 5.92 Å². The third-order valence-electron chi connectivity index (χ3n) is 3.29. The van der Waals surface area contributed by atoms with Crippen molar-refractivity contribution in [3.05, 3.63) is 29.8 Å². The van der Waals surface area contributed by atoms with Crippen molar-refractivity contribution in [2.45, 2.75) is 45.3 Å². The van der Waals surface area contributed by atoms with Crippen molar-refractivity contribution in [3.63, 3.8) is 0 Å². The predicted molar refractivity (Wildman–Crippen MR) is 66.5 cm³/mol. The van der Waals surface area contributed by atoms with Crippen LogP contribution < -0.4 is 10.5 Å². The van der Waals surface area contributed by atoms with E-state index < -0.39 is 0 Å². The Morgan fingerprint density at radius 1 is 1.19 bits per heavy atom. The molecule has 1 saturated carbocycles. The molecule has 0 amide bonds. The number of ether oxygens (including phenoxy) is 1. The van der Waals surface area contributed by atoms with Crippen LogP contribution in [0.5, 0.6) is 5.75 Å². The maximum Gasteiger partial charge on any atom is 0.119 e. The van der Waals surface area contributed by atoms with Gasteiger partial charge in [-0.05, 0) is 50.3 Å². The molecule has 1 aliphatic carbocycles. The molecule has 88 valence electrons. The van der Waals surface area contributed by atoms with Gasteiger partial charge in [-0.2, -0.15) is 0 Å². The molecule has 2 nitrogen and oxygen atoms in total. The van der Waals surface area contributed by atoms with Gasteiger partial charge in [-0.15, -0.1) is 0 Å². The molecule has 0 unspecified atom stereocenters. The molecule has 1 aromatic carbocycles. The highest BCUT2D eigenvalue weighted by Gasteiger charge is 2.25. The average Bonchev–Trinajstić information content (AvgIpc) is 2.15. The van der Waals surface area contributed by atoms with Gasteiger partial charge in [0, 0.05) is 6.04 Å². The summed E-state index contributed by atoms with van der Waals surface area (Å²) in [6.07, 6.45) is 4.13. The van der Waals surface area contributed by atoms with Crippen molar-refractivity contribution < 1.29 is 4.74 Å². The lowest BCUT2D eigenvalue weighted by Gasteiger charge is -2.31. The molecule has 0 bridgehead atoms. The largest absolute Gasteiger partial charge is 0.491 e. The minimum absolute atomic E-state index is 0.210. The zero-order chi connectivity index (χ0) is 11.5. The molecule has 1 aliphatic rings. The summed E-state index contributed by atoms with van der Waals surface area (Å²) in [6.45, 7) is 4.07. The zero-order valence-corrected chi connectivity index (χ0v) is 10.1. The van der Waals surface area contributed by atoms with Crippen LogP contribution in [0.3, 0.4) is 0 Å². The first-order valence-electron chi connectivity index (χ1n) is 6.19. The number of benzene rings is 1. The van der Waals surface area contributed by atoms with Crippen molar-refractivity contribution in [1.29, 1.82) is 0 Å². The van der Waals surface area contributed by atoms with Crippen molar-refractivity contribution in [2.24, 2.45) is 11.7 Å². The minimum atomic E-state index is 0.210. The fraction of sp³-hybridized carbons (Fsp3) is 0.571. The Bertz CT molecular complexity index is 327. The molecule has 16 heavy (non-hydrogen) atoms. The second kappa shape index (κ2) is 4.88. The van der Waals surface area contributed by atoms with E-state index in [9.17, 15) is 0 Å². The molecule has 2 N–H and O–H groups in total. The Morgan fingerprint density at radius 3 is 2.25 bits per heavy atom. The number of nitrogens with two attached hydrogens (primary N) is 1. The van der Waals surface area contributed by atoms with Gasteiger partial charge in [-0.3, -0.25) is 0 Å². The number of hydrogen-bond acceptors (Lipinski definition) is 2. The molecule has 1 fully saturated rings. The number of rotatable bonds is 4. The monoisotopic (exact) mass is 219 g/mol. The maximum atomic E-state index is 6.21. The first-order chi connectivity index (χ1) is 7.66. The smallest absolute Gasteiger partial charge is 0.119 e. The van der Waals surface area contributed by atoms with Crippen molar-refractivity contribution in [3.8, 4) is 5.75 Å². The molecule has 0 aromatic heterocycles. The predicted octanol–water partition coefficient (Wildman–Crippen LogP) is 3.27. The van der Waals surface area contributed by atoms with E-state index in [1.807, 2.05) is 26.0 Å². The maximum absolute atomic E-state index is 6.21. The molecule has 2 rings (SSSR count). The summed E-state index contributed by atoms with van der Waals surface area (Å²) in [5, 5.41) is 0. The topological polar surface area (TPSA) is 35.2 Å². The molecule has 0 aliphatic heterocycles. The second-order valence-electron chi connectivity index (χ2n) is 4.95. The standard InChI is InChI=1S/C14H21NO/c1-10(2)16-13-8-6-12(7-9-13)14(15)11-4-3-5-11/h6-11,14H,3-5,15H2,1-2H3/t14-/m0/s1. The molecule has 0 spiro atoms. The van der Waals surface area contributed by atoms with E-state index in [1.54, 1.807) is 0 Å². The van der Waals surface area contributed by atoms with E-state index in [0.717, 1.165) is 5.75 Å². The highest BCUT2D eigenvalue weighted by Crippen LogP contribution is 2.36. The van der Waals surface area contributed by atoms with Crippen LogP contribution in [0.15, 0.2) is 24.3 Å². The van der Waals surface area contributed by atoms with Crippen LogP contribution in [0.4, 0.5) is 0 Å². The van der Waals surface area contributed by atoms with E-state index in [-0.39, 0.29) is 12.1 Å². The fourth-order valence-electron chi connectivity index (χ4n) is 2.11. The molecule has 0 saturated heterocycles. The quantitative estimate of drug-likeness (QED) is 0.843. The normalized spacial score (nSPS) is 18.2. The first-order valence-corrected chi connectivity index (χ1v) is 6.19. The van der Waals surface area contributed by atoms with Crippen molar-refractivity contribution >= 4 is 0 Å². The molecular formula is C14H21NO. The van der Waals surface area contributed by atoms with Gasteiger partial charge < -0.3 is 10.5 Å². The molecule has 0 heterocycles. The Labute approximate surface area is 97.8 Å². The number of hydrogen-bond donors (Lipinski definition) is 1. The van der Waals surface area contributed by atoms with E-state index in [0.29, 0.717) is 5.92 Å². The minimum Gasteiger partial charge on any atom is -0.491 e. The van der Waals surface area contributed by atoms with Crippen LogP contribution >= 0.6 is 0 Å². The van der Waals surface area contributed by atoms with Crippen LogP contribution in [0.25, 0.3) is 0 Å². The third kappa shape index (κ3) is 2.56.